The zero-order valence-corrected chi connectivity index (χ0v) is 22.2. The van der Waals surface area contributed by atoms with Gasteiger partial charge in [0.15, 0.2) is 4.91 Å². The molecule has 0 radical (unpaired) electrons. The monoisotopic (exact) mass is 509 g/mol. The Labute approximate surface area is 209 Å². The van der Waals surface area contributed by atoms with Gasteiger partial charge in [0.25, 0.3) is 5.91 Å². The number of hydrogen-bond acceptors (Lipinski definition) is 7. The van der Waals surface area contributed by atoms with E-state index in [1.807, 2.05) is 0 Å². The van der Waals surface area contributed by atoms with Crippen LogP contribution < -0.4 is 9.64 Å². The van der Waals surface area contributed by atoms with Gasteiger partial charge in [0.1, 0.15) is 16.9 Å². The molecule has 35 heavy (non-hydrogen) atoms. The smallest absolute Gasteiger partial charge is 0.338 e. The van der Waals surface area contributed by atoms with Crippen molar-refractivity contribution >= 4 is 27.4 Å². The Morgan fingerprint density at radius 2 is 1.60 bits per heavy atom. The summed E-state index contributed by atoms with van der Waals surface area (Å²) >= 11 is 0. The standard InChI is InChI=1S/C26H39NO7S/c1-5-6-7-8-9-10-11-12-13-14-17-34-25(30)20-15-16-22(33-4)21(18-20)27-24(29)23(19-28)35(31,32)26(27,2)3/h15-16,18-19,28H,5-14,17H2,1-4H3/b23-19+. The molecule has 1 heterocycles. The van der Waals surface area contributed by atoms with Crippen LogP contribution in [0.15, 0.2) is 29.4 Å². The zero-order valence-electron chi connectivity index (χ0n) is 21.3. The van der Waals surface area contributed by atoms with Crippen LogP contribution >= 0.6 is 0 Å². The van der Waals surface area contributed by atoms with E-state index in [1.54, 1.807) is 0 Å². The molecule has 9 heteroatoms. The van der Waals surface area contributed by atoms with Gasteiger partial charge in [-0.25, -0.2) is 13.2 Å². The fourth-order valence-electron chi connectivity index (χ4n) is 4.21. The van der Waals surface area contributed by atoms with Gasteiger partial charge in [0.2, 0.25) is 9.84 Å². The lowest BCUT2D eigenvalue weighted by Crippen LogP contribution is -2.44. The van der Waals surface area contributed by atoms with Gasteiger partial charge < -0.3 is 14.6 Å². The molecule has 2 rings (SSSR count). The van der Waals surface area contributed by atoms with Crippen LogP contribution in [0.1, 0.15) is 95.3 Å². The molecular formula is C26H39NO7S. The summed E-state index contributed by atoms with van der Waals surface area (Å²) in [5.74, 6) is -1.24. The van der Waals surface area contributed by atoms with Gasteiger partial charge >= 0.3 is 5.97 Å². The Bertz CT molecular complexity index is 1010. The van der Waals surface area contributed by atoms with E-state index in [9.17, 15) is 23.1 Å². The molecule has 0 unspecified atom stereocenters. The predicted molar refractivity (Wildman–Crippen MR) is 136 cm³/mol. The lowest BCUT2D eigenvalue weighted by molar-refractivity contribution is -0.114. The molecular weight excluding hydrogens is 470 g/mol. The van der Waals surface area contributed by atoms with E-state index in [-0.39, 0.29) is 23.6 Å². The maximum atomic E-state index is 12.8. The minimum absolute atomic E-state index is 0.108. The van der Waals surface area contributed by atoms with Gasteiger partial charge in [-0.05, 0) is 38.5 Å². The fourth-order valence-corrected chi connectivity index (χ4v) is 5.63. The van der Waals surface area contributed by atoms with E-state index in [0.717, 1.165) is 24.2 Å². The topological polar surface area (TPSA) is 110 Å². The number of amides is 1. The van der Waals surface area contributed by atoms with Crippen molar-refractivity contribution in [1.29, 1.82) is 0 Å². The van der Waals surface area contributed by atoms with Crippen molar-refractivity contribution in [2.24, 2.45) is 0 Å². The molecule has 0 atom stereocenters. The molecule has 0 saturated carbocycles. The summed E-state index contributed by atoms with van der Waals surface area (Å²) in [7, 11) is -2.76. The molecule has 1 aromatic carbocycles. The maximum absolute atomic E-state index is 12.8. The van der Waals surface area contributed by atoms with Crippen molar-refractivity contribution in [3.8, 4) is 5.75 Å². The van der Waals surface area contributed by atoms with E-state index in [2.05, 4.69) is 6.92 Å². The van der Waals surface area contributed by atoms with E-state index in [1.165, 1.54) is 84.1 Å². The summed E-state index contributed by atoms with van der Waals surface area (Å²) < 4.78 is 36.2. The highest BCUT2D eigenvalue weighted by atomic mass is 32.2. The number of ether oxygens (including phenoxy) is 2. The molecule has 1 aliphatic heterocycles. The third kappa shape index (κ3) is 6.57. The number of carbonyl (C=O) groups is 2. The number of benzene rings is 1. The number of methoxy groups -OCH3 is 1. The molecule has 1 amide bonds. The Kier molecular flexibility index (Phi) is 10.6. The van der Waals surface area contributed by atoms with Gasteiger partial charge in [-0.1, -0.05) is 64.7 Å². The number of sulfone groups is 1. The second-order valence-corrected chi connectivity index (χ2v) is 11.7. The number of nitrogens with zero attached hydrogens (tertiary/aromatic N) is 1. The van der Waals surface area contributed by atoms with Crippen molar-refractivity contribution in [3.63, 3.8) is 0 Å². The number of hydrogen-bond donors (Lipinski definition) is 1. The fraction of sp³-hybridized carbons (Fsp3) is 0.615. The molecule has 8 nitrogen and oxygen atoms in total. The van der Waals surface area contributed by atoms with Crippen LogP contribution in [0.4, 0.5) is 5.69 Å². The van der Waals surface area contributed by atoms with Gasteiger partial charge in [0.05, 0.1) is 25.0 Å². The van der Waals surface area contributed by atoms with Crippen LogP contribution in [0.25, 0.3) is 0 Å². The van der Waals surface area contributed by atoms with Gasteiger partial charge in [-0.2, -0.15) is 0 Å². The molecule has 1 aromatic rings. The van der Waals surface area contributed by atoms with Crippen molar-refractivity contribution in [2.75, 3.05) is 18.6 Å². The van der Waals surface area contributed by atoms with E-state index in [4.69, 9.17) is 9.47 Å². The molecule has 0 aliphatic carbocycles. The second kappa shape index (κ2) is 13.0. The third-order valence-corrected chi connectivity index (χ3v) is 8.76. The summed E-state index contributed by atoms with van der Waals surface area (Å²) in [5.41, 5.74) is 0.284. The number of aliphatic hydroxyl groups is 1. The Hall–Kier alpha value is -2.55. The molecule has 196 valence electrons. The van der Waals surface area contributed by atoms with Crippen molar-refractivity contribution < 1.29 is 32.6 Å². The first-order chi connectivity index (χ1) is 16.6. The molecule has 0 spiro atoms. The minimum atomic E-state index is -4.14. The Morgan fingerprint density at radius 3 is 2.11 bits per heavy atom. The van der Waals surface area contributed by atoms with Crippen LogP contribution in [0.5, 0.6) is 5.75 Å². The number of unbranched alkanes of at least 4 members (excludes halogenated alkanes) is 9. The number of anilines is 1. The van der Waals surface area contributed by atoms with Crippen LogP contribution in [0.2, 0.25) is 0 Å². The molecule has 1 saturated heterocycles. The molecule has 1 aliphatic rings. The van der Waals surface area contributed by atoms with E-state index >= 15 is 0 Å². The highest BCUT2D eigenvalue weighted by molar-refractivity contribution is 7.98. The number of carbonyl (C=O) groups excluding carboxylic acids is 2. The van der Waals surface area contributed by atoms with Crippen molar-refractivity contribution in [2.45, 2.75) is 89.9 Å². The van der Waals surface area contributed by atoms with Crippen molar-refractivity contribution in [3.05, 3.63) is 34.9 Å². The summed E-state index contributed by atoms with van der Waals surface area (Å²) in [5, 5.41) is 9.38. The second-order valence-electron chi connectivity index (χ2n) is 9.29. The summed E-state index contributed by atoms with van der Waals surface area (Å²) in [6.07, 6.45) is 12.1. The molecule has 0 bridgehead atoms. The number of aliphatic hydroxyl groups excluding tert-OH is 1. The van der Waals surface area contributed by atoms with Gasteiger partial charge in [-0.15, -0.1) is 0 Å². The van der Waals surface area contributed by atoms with E-state index in [0.29, 0.717) is 6.26 Å². The SMILES string of the molecule is CCCCCCCCCCCCOC(=O)c1ccc(OC)c(N2C(=O)/C(=C\O)S(=O)(=O)C2(C)C)c1. The average Bonchev–Trinajstić information content (AvgIpc) is 2.95. The van der Waals surface area contributed by atoms with Crippen molar-refractivity contribution in [1.82, 2.24) is 0 Å². The third-order valence-electron chi connectivity index (χ3n) is 6.40. The highest BCUT2D eigenvalue weighted by Crippen LogP contribution is 2.44. The lowest BCUT2D eigenvalue weighted by atomic mass is 10.1. The first kappa shape index (κ1) is 28.7. The number of rotatable bonds is 14. The van der Waals surface area contributed by atoms with Crippen LogP contribution in [0, 0.1) is 0 Å². The van der Waals surface area contributed by atoms with Crippen LogP contribution in [-0.4, -0.2) is 44.0 Å². The van der Waals surface area contributed by atoms with Crippen LogP contribution in [0.3, 0.4) is 0 Å². The van der Waals surface area contributed by atoms with Gasteiger partial charge in [0, 0.05) is 0 Å². The molecule has 0 aromatic heterocycles. The quantitative estimate of drug-likeness (QED) is 0.149. The summed E-state index contributed by atoms with van der Waals surface area (Å²) in [4.78, 5) is 24.1. The van der Waals surface area contributed by atoms with Crippen LogP contribution in [-0.2, 0) is 19.4 Å². The largest absolute Gasteiger partial charge is 0.514 e. The normalized spacial score (nSPS) is 17.7. The Balaban J connectivity index is 1.97. The molecule has 1 N–H and O–H groups in total. The van der Waals surface area contributed by atoms with E-state index < -0.39 is 31.5 Å². The minimum Gasteiger partial charge on any atom is -0.514 e. The summed E-state index contributed by atoms with van der Waals surface area (Å²) in [6.45, 7) is 5.21. The first-order valence-corrected chi connectivity index (χ1v) is 13.9. The lowest BCUT2D eigenvalue weighted by Gasteiger charge is -2.30. The highest BCUT2D eigenvalue weighted by Gasteiger charge is 2.56. The van der Waals surface area contributed by atoms with Gasteiger partial charge in [-0.3, -0.25) is 9.69 Å². The zero-order chi connectivity index (χ0) is 26.1. The average molecular weight is 510 g/mol. The summed E-state index contributed by atoms with van der Waals surface area (Å²) in [6, 6.07) is 4.38. The molecule has 1 fully saturated rings. The Morgan fingerprint density at radius 1 is 1.03 bits per heavy atom. The maximum Gasteiger partial charge on any atom is 0.338 e. The predicted octanol–water partition coefficient (Wildman–Crippen LogP) is 5.67. The number of esters is 1. The first-order valence-electron chi connectivity index (χ1n) is 12.4.